The highest BCUT2D eigenvalue weighted by molar-refractivity contribution is 5.98. The van der Waals surface area contributed by atoms with Crippen LogP contribution in [0.5, 0.6) is 23.0 Å². The number of methoxy groups -OCH3 is 4. The molecule has 0 aliphatic carbocycles. The molecule has 1 heterocycles. The number of nitrogens with one attached hydrogen (secondary N) is 2. The van der Waals surface area contributed by atoms with Crippen molar-refractivity contribution in [2.75, 3.05) is 28.4 Å². The van der Waals surface area contributed by atoms with Crippen LogP contribution in [0, 0.1) is 0 Å². The number of ether oxygens (including phenoxy) is 4. The normalized spacial score (nSPS) is 10.9. The number of nitrogens with zero attached hydrogens (tertiary/aromatic N) is 2. The Morgan fingerprint density at radius 2 is 1.62 bits per heavy atom. The summed E-state index contributed by atoms with van der Waals surface area (Å²) in [4.78, 5) is 20.5. The highest BCUT2D eigenvalue weighted by Gasteiger charge is 2.13. The Morgan fingerprint density at radius 3 is 2.24 bits per heavy atom. The number of carbonyl (C=O) groups is 1. The molecule has 0 fully saturated rings. The molecule has 34 heavy (non-hydrogen) atoms. The van der Waals surface area contributed by atoms with Gasteiger partial charge in [0.05, 0.1) is 45.7 Å². The van der Waals surface area contributed by atoms with E-state index in [0.717, 1.165) is 22.3 Å². The second kappa shape index (κ2) is 9.95. The van der Waals surface area contributed by atoms with Crippen LogP contribution in [-0.2, 0) is 0 Å². The Hall–Kier alpha value is -4.53. The lowest BCUT2D eigenvalue weighted by Crippen LogP contribution is -2.17. The quantitative estimate of drug-likeness (QED) is 0.304. The molecule has 1 amide bonds. The summed E-state index contributed by atoms with van der Waals surface area (Å²) < 4.78 is 21.2. The van der Waals surface area contributed by atoms with Gasteiger partial charge in [0, 0.05) is 16.7 Å². The minimum atomic E-state index is -0.355. The van der Waals surface area contributed by atoms with E-state index < -0.39 is 0 Å². The van der Waals surface area contributed by atoms with Gasteiger partial charge >= 0.3 is 0 Å². The molecule has 4 rings (SSSR count). The van der Waals surface area contributed by atoms with Crippen LogP contribution in [0.4, 0.5) is 0 Å². The van der Waals surface area contributed by atoms with Gasteiger partial charge in [0.15, 0.2) is 11.5 Å². The average Bonchev–Trinajstić information content (AvgIpc) is 3.31. The van der Waals surface area contributed by atoms with E-state index in [-0.39, 0.29) is 5.91 Å². The molecule has 0 saturated carbocycles. The fourth-order valence-corrected chi connectivity index (χ4v) is 3.44. The zero-order chi connectivity index (χ0) is 24.1. The summed E-state index contributed by atoms with van der Waals surface area (Å²) in [5.41, 5.74) is 6.06. The largest absolute Gasteiger partial charge is 0.497 e. The van der Waals surface area contributed by atoms with Gasteiger partial charge in [-0.25, -0.2) is 10.4 Å². The molecular formula is C25H24N4O5. The molecule has 174 valence electrons. The van der Waals surface area contributed by atoms with Crippen molar-refractivity contribution in [1.82, 2.24) is 15.4 Å². The van der Waals surface area contributed by atoms with E-state index >= 15 is 0 Å². The molecule has 9 nitrogen and oxygen atoms in total. The molecule has 0 bridgehead atoms. The third-order valence-corrected chi connectivity index (χ3v) is 5.17. The predicted molar refractivity (Wildman–Crippen MR) is 129 cm³/mol. The number of benzene rings is 3. The maximum atomic E-state index is 12.6. The van der Waals surface area contributed by atoms with Gasteiger partial charge in [-0.05, 0) is 54.6 Å². The van der Waals surface area contributed by atoms with Gasteiger partial charge in [-0.15, -0.1) is 0 Å². The van der Waals surface area contributed by atoms with Crippen molar-refractivity contribution < 1.29 is 23.7 Å². The first-order valence-electron chi connectivity index (χ1n) is 10.3. The summed E-state index contributed by atoms with van der Waals surface area (Å²) in [6.45, 7) is 0. The summed E-state index contributed by atoms with van der Waals surface area (Å²) in [6.07, 6.45) is 1.50. The van der Waals surface area contributed by atoms with E-state index in [1.54, 1.807) is 37.4 Å². The monoisotopic (exact) mass is 460 g/mol. The summed E-state index contributed by atoms with van der Waals surface area (Å²) in [5, 5.41) is 4.06. The molecule has 4 aromatic rings. The van der Waals surface area contributed by atoms with Gasteiger partial charge in [0.2, 0.25) is 5.75 Å². The van der Waals surface area contributed by atoms with Crippen LogP contribution in [0.2, 0.25) is 0 Å². The van der Waals surface area contributed by atoms with Gasteiger partial charge in [-0.1, -0.05) is 0 Å². The lowest BCUT2D eigenvalue weighted by molar-refractivity contribution is 0.0955. The molecule has 3 aromatic carbocycles. The molecule has 9 heteroatoms. The number of rotatable bonds is 8. The maximum absolute atomic E-state index is 12.6. The van der Waals surface area contributed by atoms with Crippen molar-refractivity contribution in [2.24, 2.45) is 5.10 Å². The van der Waals surface area contributed by atoms with Crippen LogP contribution < -0.4 is 24.4 Å². The molecular weight excluding hydrogens is 436 g/mol. The topological polar surface area (TPSA) is 107 Å². The Kier molecular flexibility index (Phi) is 6.63. The zero-order valence-corrected chi connectivity index (χ0v) is 19.2. The van der Waals surface area contributed by atoms with E-state index in [4.69, 9.17) is 18.9 Å². The van der Waals surface area contributed by atoms with E-state index in [0.29, 0.717) is 34.2 Å². The van der Waals surface area contributed by atoms with Crippen LogP contribution in [0.15, 0.2) is 59.7 Å². The second-order valence-corrected chi connectivity index (χ2v) is 7.20. The van der Waals surface area contributed by atoms with Crippen molar-refractivity contribution in [3.05, 3.63) is 65.7 Å². The van der Waals surface area contributed by atoms with Crippen molar-refractivity contribution >= 4 is 23.2 Å². The van der Waals surface area contributed by atoms with Gasteiger partial charge < -0.3 is 23.9 Å². The van der Waals surface area contributed by atoms with Crippen LogP contribution >= 0.6 is 0 Å². The number of aromatic amines is 1. The van der Waals surface area contributed by atoms with Crippen molar-refractivity contribution in [3.8, 4) is 34.4 Å². The first-order chi connectivity index (χ1) is 16.6. The summed E-state index contributed by atoms with van der Waals surface area (Å²) >= 11 is 0. The zero-order valence-electron chi connectivity index (χ0n) is 19.2. The Morgan fingerprint density at radius 1 is 0.912 bits per heavy atom. The third kappa shape index (κ3) is 4.63. The van der Waals surface area contributed by atoms with Gasteiger partial charge in [0.1, 0.15) is 11.6 Å². The summed E-state index contributed by atoms with van der Waals surface area (Å²) in [6, 6.07) is 16.3. The molecule has 0 atom stereocenters. The molecule has 0 spiro atoms. The van der Waals surface area contributed by atoms with Crippen LogP contribution in [0.3, 0.4) is 0 Å². The molecule has 0 saturated heterocycles. The average molecular weight is 460 g/mol. The minimum absolute atomic E-state index is 0.355. The number of H-pyrrole nitrogens is 1. The number of amides is 1. The molecule has 0 aliphatic heterocycles. The van der Waals surface area contributed by atoms with Crippen molar-refractivity contribution in [1.29, 1.82) is 0 Å². The second-order valence-electron chi connectivity index (χ2n) is 7.20. The standard InChI is InChI=1S/C25H24N4O5/c1-31-18-8-5-16(6-9-18)24-27-19-10-7-17(13-20(19)28-24)25(30)29-26-14-15-11-21(32-2)23(34-4)22(12-15)33-3/h5-14H,1-4H3,(H,27,28)(H,29,30)/b26-14+. The van der Waals surface area contributed by atoms with Crippen LogP contribution in [-0.4, -0.2) is 50.5 Å². The fraction of sp³-hybridized carbons (Fsp3) is 0.160. The minimum Gasteiger partial charge on any atom is -0.497 e. The maximum Gasteiger partial charge on any atom is 0.271 e. The van der Waals surface area contributed by atoms with Crippen molar-refractivity contribution in [3.63, 3.8) is 0 Å². The number of carbonyl (C=O) groups excluding carboxylic acids is 1. The fourth-order valence-electron chi connectivity index (χ4n) is 3.44. The lowest BCUT2D eigenvalue weighted by atomic mass is 10.2. The highest BCUT2D eigenvalue weighted by atomic mass is 16.5. The third-order valence-electron chi connectivity index (χ3n) is 5.17. The number of hydrazone groups is 1. The molecule has 2 N–H and O–H groups in total. The molecule has 0 unspecified atom stereocenters. The predicted octanol–water partition coefficient (Wildman–Crippen LogP) is 4.03. The Balaban J connectivity index is 1.50. The number of fused-ring (bicyclic) bond motifs is 1. The number of hydrogen-bond acceptors (Lipinski definition) is 7. The van der Waals surface area contributed by atoms with Gasteiger partial charge in [-0.3, -0.25) is 4.79 Å². The van der Waals surface area contributed by atoms with Gasteiger partial charge in [0.25, 0.3) is 5.91 Å². The SMILES string of the molecule is COc1ccc(-c2nc3ccc(C(=O)N/N=C/c4cc(OC)c(OC)c(OC)c4)cc3[nH]2)cc1. The Bertz CT molecular complexity index is 1320. The van der Waals surface area contributed by atoms with E-state index in [1.165, 1.54) is 27.5 Å². The smallest absolute Gasteiger partial charge is 0.271 e. The first-order valence-corrected chi connectivity index (χ1v) is 10.3. The van der Waals surface area contributed by atoms with E-state index in [2.05, 4.69) is 20.5 Å². The van der Waals surface area contributed by atoms with Crippen LogP contribution in [0.1, 0.15) is 15.9 Å². The number of aromatic nitrogens is 2. The van der Waals surface area contributed by atoms with E-state index in [1.807, 2.05) is 24.3 Å². The lowest BCUT2D eigenvalue weighted by Gasteiger charge is -2.12. The number of imidazole rings is 1. The van der Waals surface area contributed by atoms with E-state index in [9.17, 15) is 4.79 Å². The highest BCUT2D eigenvalue weighted by Crippen LogP contribution is 2.37. The summed E-state index contributed by atoms with van der Waals surface area (Å²) in [7, 11) is 6.22. The first kappa shape index (κ1) is 22.7. The molecule has 1 aromatic heterocycles. The molecule has 0 radical (unpaired) electrons. The van der Waals surface area contributed by atoms with Crippen LogP contribution in [0.25, 0.3) is 22.4 Å². The van der Waals surface area contributed by atoms with Crippen molar-refractivity contribution in [2.45, 2.75) is 0 Å². The van der Waals surface area contributed by atoms with Gasteiger partial charge in [-0.2, -0.15) is 5.10 Å². The Labute approximate surface area is 196 Å². The summed E-state index contributed by atoms with van der Waals surface area (Å²) in [5.74, 6) is 2.58. The molecule has 0 aliphatic rings. The number of hydrogen-bond donors (Lipinski definition) is 2.